The molecule has 2 heterocycles. The van der Waals surface area contributed by atoms with Crippen LogP contribution in [0.4, 0.5) is 5.69 Å². The van der Waals surface area contributed by atoms with Gasteiger partial charge in [0.15, 0.2) is 0 Å². The maximum absolute atomic E-state index is 11.2. The number of nitrogens with zero attached hydrogens (tertiary/aromatic N) is 1. The third kappa shape index (κ3) is 3.97. The average molecular weight is 354 g/mol. The SMILES string of the molecule is CC(=O)Nc1ccc(-n2c(CCC(=O)O)ccc2-c2cccs2)cc1. The minimum absolute atomic E-state index is 0.0812. The molecule has 0 fully saturated rings. The number of benzene rings is 1. The zero-order valence-electron chi connectivity index (χ0n) is 13.7. The number of carboxylic acids is 1. The number of carbonyl (C=O) groups is 2. The van der Waals surface area contributed by atoms with E-state index in [2.05, 4.69) is 9.88 Å². The Hall–Kier alpha value is -2.86. The van der Waals surface area contributed by atoms with Crippen LogP contribution in [-0.4, -0.2) is 21.6 Å². The van der Waals surface area contributed by atoms with Crippen LogP contribution in [0.1, 0.15) is 19.0 Å². The Morgan fingerprint density at radius 1 is 1.12 bits per heavy atom. The Labute approximate surface area is 149 Å². The Bertz CT molecular complexity index is 880. The van der Waals surface area contributed by atoms with Crippen molar-refractivity contribution in [3.63, 3.8) is 0 Å². The number of amides is 1. The molecule has 0 atom stereocenters. The standard InChI is InChI=1S/C19H18N2O3S/c1-13(22)20-14-4-6-15(7-5-14)21-16(9-11-19(23)24)8-10-17(21)18-3-2-12-25-18/h2-8,10,12H,9,11H2,1H3,(H,20,22)(H,23,24). The van der Waals surface area contributed by atoms with Crippen LogP contribution in [-0.2, 0) is 16.0 Å². The van der Waals surface area contributed by atoms with Crippen molar-refractivity contribution in [3.05, 3.63) is 59.6 Å². The number of thiophene rings is 1. The number of nitrogens with one attached hydrogen (secondary N) is 1. The van der Waals surface area contributed by atoms with Crippen LogP contribution in [0.15, 0.2) is 53.9 Å². The highest BCUT2D eigenvalue weighted by atomic mass is 32.1. The van der Waals surface area contributed by atoms with Gasteiger partial charge in [0, 0.05) is 24.0 Å². The van der Waals surface area contributed by atoms with Gasteiger partial charge in [-0.05, 0) is 54.3 Å². The van der Waals surface area contributed by atoms with Crippen molar-refractivity contribution < 1.29 is 14.7 Å². The molecule has 128 valence electrons. The summed E-state index contributed by atoms with van der Waals surface area (Å²) in [7, 11) is 0. The van der Waals surface area contributed by atoms with Crippen molar-refractivity contribution in [3.8, 4) is 16.3 Å². The lowest BCUT2D eigenvalue weighted by atomic mass is 10.2. The van der Waals surface area contributed by atoms with Gasteiger partial charge in [-0.25, -0.2) is 0 Å². The Morgan fingerprint density at radius 2 is 1.88 bits per heavy atom. The van der Waals surface area contributed by atoms with Gasteiger partial charge in [-0.3, -0.25) is 9.59 Å². The summed E-state index contributed by atoms with van der Waals surface area (Å²) in [5, 5.41) is 13.8. The van der Waals surface area contributed by atoms with E-state index < -0.39 is 5.97 Å². The van der Waals surface area contributed by atoms with Gasteiger partial charge < -0.3 is 15.0 Å². The Balaban J connectivity index is 2.01. The summed E-state index contributed by atoms with van der Waals surface area (Å²) in [5.41, 5.74) is 3.64. The second kappa shape index (κ2) is 7.36. The first-order valence-corrected chi connectivity index (χ1v) is 8.77. The quantitative estimate of drug-likeness (QED) is 0.697. The molecule has 2 N–H and O–H groups in total. The van der Waals surface area contributed by atoms with Gasteiger partial charge in [0.2, 0.25) is 5.91 Å². The third-order valence-corrected chi connectivity index (χ3v) is 4.67. The van der Waals surface area contributed by atoms with Crippen molar-refractivity contribution in [2.24, 2.45) is 0 Å². The van der Waals surface area contributed by atoms with Crippen molar-refractivity contribution in [1.29, 1.82) is 0 Å². The molecule has 0 radical (unpaired) electrons. The number of aromatic nitrogens is 1. The predicted octanol–water partition coefficient (Wildman–Crippen LogP) is 4.18. The molecule has 1 aromatic carbocycles. The normalized spacial score (nSPS) is 10.6. The number of aliphatic carboxylic acids is 1. The van der Waals surface area contributed by atoms with E-state index >= 15 is 0 Å². The first-order chi connectivity index (χ1) is 12.0. The molecule has 0 saturated heterocycles. The summed E-state index contributed by atoms with van der Waals surface area (Å²) < 4.78 is 2.08. The third-order valence-electron chi connectivity index (χ3n) is 3.78. The summed E-state index contributed by atoms with van der Waals surface area (Å²) in [6, 6.07) is 15.6. The number of carboxylic acid groups (broad SMARTS) is 1. The number of aryl methyl sites for hydroxylation is 1. The predicted molar refractivity (Wildman–Crippen MR) is 99.3 cm³/mol. The van der Waals surface area contributed by atoms with Crippen LogP contribution in [0.3, 0.4) is 0 Å². The molecular weight excluding hydrogens is 336 g/mol. The van der Waals surface area contributed by atoms with E-state index in [-0.39, 0.29) is 12.3 Å². The first-order valence-electron chi connectivity index (χ1n) is 7.89. The Kier molecular flexibility index (Phi) is 5.00. The number of rotatable bonds is 6. The van der Waals surface area contributed by atoms with Crippen LogP contribution >= 0.6 is 11.3 Å². The van der Waals surface area contributed by atoms with Crippen LogP contribution in [0.2, 0.25) is 0 Å². The second-order valence-corrected chi connectivity index (χ2v) is 6.59. The number of hydrogen-bond donors (Lipinski definition) is 2. The van der Waals surface area contributed by atoms with Crippen LogP contribution in [0, 0.1) is 0 Å². The van der Waals surface area contributed by atoms with Crippen LogP contribution in [0.5, 0.6) is 0 Å². The smallest absolute Gasteiger partial charge is 0.303 e. The lowest BCUT2D eigenvalue weighted by Crippen LogP contribution is -2.07. The fourth-order valence-corrected chi connectivity index (χ4v) is 3.47. The maximum atomic E-state index is 11.2. The first kappa shape index (κ1) is 17.0. The molecule has 0 saturated carbocycles. The summed E-state index contributed by atoms with van der Waals surface area (Å²) in [5.74, 6) is -0.929. The van der Waals surface area contributed by atoms with Gasteiger partial charge in [-0.15, -0.1) is 11.3 Å². The molecule has 3 rings (SSSR count). The maximum Gasteiger partial charge on any atom is 0.303 e. The Morgan fingerprint density at radius 3 is 2.48 bits per heavy atom. The van der Waals surface area contributed by atoms with Gasteiger partial charge in [0.05, 0.1) is 17.0 Å². The molecular formula is C19H18N2O3S. The van der Waals surface area contributed by atoms with Gasteiger partial charge in [-0.2, -0.15) is 0 Å². The lowest BCUT2D eigenvalue weighted by molar-refractivity contribution is -0.137. The van der Waals surface area contributed by atoms with Gasteiger partial charge >= 0.3 is 5.97 Å². The van der Waals surface area contributed by atoms with Crippen LogP contribution in [0.25, 0.3) is 16.3 Å². The number of hydrogen-bond acceptors (Lipinski definition) is 3. The molecule has 0 aliphatic heterocycles. The highest BCUT2D eigenvalue weighted by molar-refractivity contribution is 7.13. The molecule has 0 aliphatic carbocycles. The largest absolute Gasteiger partial charge is 0.481 e. The monoisotopic (exact) mass is 354 g/mol. The number of carbonyl (C=O) groups excluding carboxylic acids is 1. The zero-order valence-corrected chi connectivity index (χ0v) is 14.5. The molecule has 0 unspecified atom stereocenters. The topological polar surface area (TPSA) is 71.3 Å². The second-order valence-electron chi connectivity index (χ2n) is 5.64. The van der Waals surface area contributed by atoms with E-state index in [1.165, 1.54) is 6.92 Å². The van der Waals surface area contributed by atoms with E-state index in [1.807, 2.05) is 53.9 Å². The molecule has 0 spiro atoms. The van der Waals surface area contributed by atoms with Crippen molar-refractivity contribution in [2.75, 3.05) is 5.32 Å². The highest BCUT2D eigenvalue weighted by Crippen LogP contribution is 2.31. The van der Waals surface area contributed by atoms with E-state index in [4.69, 9.17) is 5.11 Å². The summed E-state index contributed by atoms with van der Waals surface area (Å²) in [4.78, 5) is 23.2. The minimum Gasteiger partial charge on any atom is -0.481 e. The molecule has 25 heavy (non-hydrogen) atoms. The van der Waals surface area contributed by atoms with Gasteiger partial charge in [-0.1, -0.05) is 6.07 Å². The van der Waals surface area contributed by atoms with E-state index in [1.54, 1.807) is 11.3 Å². The molecule has 0 aliphatic rings. The molecule has 6 heteroatoms. The summed E-state index contributed by atoms with van der Waals surface area (Å²) in [6.07, 6.45) is 0.534. The number of anilines is 1. The lowest BCUT2D eigenvalue weighted by Gasteiger charge is -2.13. The fourth-order valence-electron chi connectivity index (χ4n) is 2.73. The van der Waals surface area contributed by atoms with Gasteiger partial charge in [0.1, 0.15) is 0 Å². The van der Waals surface area contributed by atoms with Crippen molar-refractivity contribution in [2.45, 2.75) is 19.8 Å². The van der Waals surface area contributed by atoms with Gasteiger partial charge in [0.25, 0.3) is 0 Å². The molecule has 0 bridgehead atoms. The molecule has 3 aromatic rings. The molecule has 2 aromatic heterocycles. The fraction of sp³-hybridized carbons (Fsp3) is 0.158. The van der Waals surface area contributed by atoms with E-state index in [0.29, 0.717) is 6.42 Å². The van der Waals surface area contributed by atoms with E-state index in [9.17, 15) is 9.59 Å². The molecule has 5 nitrogen and oxygen atoms in total. The van der Waals surface area contributed by atoms with Crippen molar-refractivity contribution in [1.82, 2.24) is 4.57 Å². The summed E-state index contributed by atoms with van der Waals surface area (Å²) in [6.45, 7) is 1.47. The average Bonchev–Trinajstić information content (AvgIpc) is 3.22. The van der Waals surface area contributed by atoms with E-state index in [0.717, 1.165) is 27.6 Å². The summed E-state index contributed by atoms with van der Waals surface area (Å²) >= 11 is 1.64. The minimum atomic E-state index is -0.813. The highest BCUT2D eigenvalue weighted by Gasteiger charge is 2.14. The van der Waals surface area contributed by atoms with Crippen molar-refractivity contribution >= 4 is 28.9 Å². The van der Waals surface area contributed by atoms with Crippen LogP contribution < -0.4 is 5.32 Å². The zero-order chi connectivity index (χ0) is 17.8. The molecule has 1 amide bonds.